The Kier molecular flexibility index (Phi) is 5.74. The first-order chi connectivity index (χ1) is 10.9. The largest absolute Gasteiger partial charge is 0.490 e. The molecule has 0 fully saturated rings. The third kappa shape index (κ3) is 4.53. The van der Waals surface area contributed by atoms with E-state index in [1.165, 1.54) is 19.2 Å². The number of hydrogen-bond donors (Lipinski definition) is 1. The minimum Gasteiger partial charge on any atom is -0.490 e. The SMILES string of the molecule is COC(=O)CC(N)(COc1ccccc1Br)c1cccc(F)c1. The van der Waals surface area contributed by atoms with E-state index in [9.17, 15) is 9.18 Å². The molecular formula is C17H17BrFNO3. The summed E-state index contributed by atoms with van der Waals surface area (Å²) in [6.07, 6.45) is -0.128. The van der Waals surface area contributed by atoms with Crippen molar-refractivity contribution in [2.24, 2.45) is 5.73 Å². The van der Waals surface area contributed by atoms with Gasteiger partial charge in [-0.05, 0) is 45.8 Å². The molecule has 0 aliphatic carbocycles. The van der Waals surface area contributed by atoms with Gasteiger partial charge in [-0.25, -0.2) is 4.39 Å². The van der Waals surface area contributed by atoms with E-state index in [-0.39, 0.29) is 13.0 Å². The molecule has 2 rings (SSSR count). The molecule has 0 saturated heterocycles. The number of halogens is 2. The highest BCUT2D eigenvalue weighted by atomic mass is 79.9. The topological polar surface area (TPSA) is 61.5 Å². The first kappa shape index (κ1) is 17.4. The van der Waals surface area contributed by atoms with E-state index < -0.39 is 17.3 Å². The van der Waals surface area contributed by atoms with E-state index in [0.29, 0.717) is 11.3 Å². The summed E-state index contributed by atoms with van der Waals surface area (Å²) in [5.74, 6) is -0.334. The van der Waals surface area contributed by atoms with Crippen LogP contribution in [0, 0.1) is 5.82 Å². The minimum atomic E-state index is -1.20. The fourth-order valence-corrected chi connectivity index (χ4v) is 2.53. The molecule has 0 heterocycles. The van der Waals surface area contributed by atoms with Crippen molar-refractivity contribution in [2.75, 3.05) is 13.7 Å². The van der Waals surface area contributed by atoms with Crippen molar-refractivity contribution in [1.82, 2.24) is 0 Å². The average Bonchev–Trinajstić information content (AvgIpc) is 2.54. The molecule has 0 radical (unpaired) electrons. The number of nitrogens with two attached hydrogens (primary N) is 1. The predicted octanol–water partition coefficient (Wildman–Crippen LogP) is 3.38. The van der Waals surface area contributed by atoms with E-state index in [1.54, 1.807) is 18.2 Å². The molecule has 0 bridgehead atoms. The van der Waals surface area contributed by atoms with Gasteiger partial charge in [-0.1, -0.05) is 24.3 Å². The number of esters is 1. The van der Waals surface area contributed by atoms with Crippen molar-refractivity contribution >= 4 is 21.9 Å². The lowest BCUT2D eigenvalue weighted by atomic mass is 9.88. The van der Waals surface area contributed by atoms with Crippen molar-refractivity contribution in [3.05, 3.63) is 64.4 Å². The quantitative estimate of drug-likeness (QED) is 0.779. The summed E-state index contributed by atoms with van der Waals surface area (Å²) in [5, 5.41) is 0. The van der Waals surface area contributed by atoms with Crippen LogP contribution in [0.1, 0.15) is 12.0 Å². The molecule has 2 N–H and O–H groups in total. The van der Waals surface area contributed by atoms with Gasteiger partial charge < -0.3 is 15.2 Å². The van der Waals surface area contributed by atoms with Crippen LogP contribution >= 0.6 is 15.9 Å². The Morgan fingerprint density at radius 2 is 2.00 bits per heavy atom. The van der Waals surface area contributed by atoms with Crippen LogP contribution in [0.25, 0.3) is 0 Å². The van der Waals surface area contributed by atoms with Gasteiger partial charge in [0.05, 0.1) is 23.5 Å². The molecule has 1 unspecified atom stereocenters. The number of ether oxygens (including phenoxy) is 2. The molecule has 122 valence electrons. The molecule has 0 amide bonds. The minimum absolute atomic E-state index is 0.00579. The second-order valence-electron chi connectivity index (χ2n) is 5.14. The number of methoxy groups -OCH3 is 1. The van der Waals surface area contributed by atoms with Gasteiger partial charge in [0.1, 0.15) is 18.2 Å². The van der Waals surface area contributed by atoms with E-state index in [1.807, 2.05) is 18.2 Å². The molecule has 4 nitrogen and oxygen atoms in total. The summed E-state index contributed by atoms with van der Waals surface area (Å²) in [6.45, 7) is -0.00579. The van der Waals surface area contributed by atoms with Crippen molar-refractivity contribution in [3.63, 3.8) is 0 Å². The van der Waals surface area contributed by atoms with Crippen molar-refractivity contribution in [1.29, 1.82) is 0 Å². The van der Waals surface area contributed by atoms with Gasteiger partial charge >= 0.3 is 5.97 Å². The highest BCUT2D eigenvalue weighted by Gasteiger charge is 2.32. The third-order valence-corrected chi connectivity index (χ3v) is 4.06. The Labute approximate surface area is 142 Å². The van der Waals surface area contributed by atoms with Gasteiger partial charge in [-0.3, -0.25) is 4.79 Å². The van der Waals surface area contributed by atoms with Crippen molar-refractivity contribution < 1.29 is 18.7 Å². The van der Waals surface area contributed by atoms with Gasteiger partial charge in [0.25, 0.3) is 0 Å². The van der Waals surface area contributed by atoms with Crippen LogP contribution < -0.4 is 10.5 Å². The standard InChI is InChI=1S/C17H17BrFNO3/c1-22-16(21)10-17(20,12-5-4-6-13(19)9-12)11-23-15-8-3-2-7-14(15)18/h2-9H,10-11,20H2,1H3. The van der Waals surface area contributed by atoms with Gasteiger partial charge in [0.15, 0.2) is 0 Å². The summed E-state index contributed by atoms with van der Waals surface area (Å²) in [7, 11) is 1.28. The van der Waals surface area contributed by atoms with Crippen LogP contribution in [0.15, 0.2) is 53.0 Å². The molecule has 23 heavy (non-hydrogen) atoms. The van der Waals surface area contributed by atoms with E-state index in [0.717, 1.165) is 4.47 Å². The van der Waals surface area contributed by atoms with Crippen LogP contribution in [0.4, 0.5) is 4.39 Å². The molecule has 6 heteroatoms. The van der Waals surface area contributed by atoms with Crippen LogP contribution in [-0.4, -0.2) is 19.7 Å². The Morgan fingerprint density at radius 3 is 2.65 bits per heavy atom. The summed E-state index contributed by atoms with van der Waals surface area (Å²) in [6, 6.07) is 13.1. The summed E-state index contributed by atoms with van der Waals surface area (Å²) >= 11 is 3.38. The zero-order valence-corrected chi connectivity index (χ0v) is 14.2. The smallest absolute Gasteiger partial charge is 0.307 e. The highest BCUT2D eigenvalue weighted by Crippen LogP contribution is 2.28. The number of rotatable bonds is 6. The average molecular weight is 382 g/mol. The van der Waals surface area contributed by atoms with Gasteiger partial charge in [0.2, 0.25) is 0 Å². The van der Waals surface area contributed by atoms with E-state index in [2.05, 4.69) is 15.9 Å². The van der Waals surface area contributed by atoms with Crippen LogP contribution in [-0.2, 0) is 15.1 Å². The Morgan fingerprint density at radius 1 is 1.26 bits per heavy atom. The van der Waals surface area contributed by atoms with Crippen molar-refractivity contribution in [3.8, 4) is 5.75 Å². The lowest BCUT2D eigenvalue weighted by Gasteiger charge is -2.29. The van der Waals surface area contributed by atoms with Gasteiger partial charge in [0, 0.05) is 0 Å². The zero-order chi connectivity index (χ0) is 16.9. The summed E-state index contributed by atoms with van der Waals surface area (Å²) < 4.78 is 24.7. The molecule has 2 aromatic rings. The molecular weight excluding hydrogens is 365 g/mol. The number of carbonyl (C=O) groups is 1. The first-order valence-electron chi connectivity index (χ1n) is 6.94. The maximum absolute atomic E-state index is 13.5. The molecule has 1 atom stereocenters. The van der Waals surface area contributed by atoms with E-state index >= 15 is 0 Å². The third-order valence-electron chi connectivity index (χ3n) is 3.41. The summed E-state index contributed by atoms with van der Waals surface area (Å²) in [4.78, 5) is 11.7. The van der Waals surface area contributed by atoms with Crippen LogP contribution in [0.2, 0.25) is 0 Å². The lowest BCUT2D eigenvalue weighted by molar-refractivity contribution is -0.142. The van der Waals surface area contributed by atoms with Gasteiger partial charge in [-0.15, -0.1) is 0 Å². The molecule has 0 saturated carbocycles. The lowest BCUT2D eigenvalue weighted by Crippen LogP contribution is -2.45. The monoisotopic (exact) mass is 381 g/mol. The van der Waals surface area contributed by atoms with E-state index in [4.69, 9.17) is 15.2 Å². The zero-order valence-electron chi connectivity index (χ0n) is 12.6. The summed E-state index contributed by atoms with van der Waals surface area (Å²) in [5.41, 5.74) is 5.62. The van der Waals surface area contributed by atoms with Gasteiger partial charge in [-0.2, -0.15) is 0 Å². The Hall–Kier alpha value is -1.92. The molecule has 2 aromatic carbocycles. The maximum Gasteiger partial charge on any atom is 0.307 e. The Balaban J connectivity index is 2.26. The fraction of sp³-hybridized carbons (Fsp3) is 0.235. The second-order valence-corrected chi connectivity index (χ2v) is 5.99. The predicted molar refractivity (Wildman–Crippen MR) is 88.5 cm³/mol. The number of benzene rings is 2. The molecule has 0 aromatic heterocycles. The van der Waals surface area contributed by atoms with Crippen molar-refractivity contribution in [2.45, 2.75) is 12.0 Å². The molecule has 0 spiro atoms. The molecule has 0 aliphatic heterocycles. The van der Waals surface area contributed by atoms with Crippen LogP contribution in [0.5, 0.6) is 5.75 Å². The maximum atomic E-state index is 13.5. The number of para-hydroxylation sites is 1. The number of carbonyl (C=O) groups excluding carboxylic acids is 1. The second kappa shape index (κ2) is 7.57. The first-order valence-corrected chi connectivity index (χ1v) is 7.73. The Bertz CT molecular complexity index is 695. The molecule has 0 aliphatic rings. The highest BCUT2D eigenvalue weighted by molar-refractivity contribution is 9.10. The normalized spacial score (nSPS) is 13.2. The van der Waals surface area contributed by atoms with Crippen LogP contribution in [0.3, 0.4) is 0 Å². The fourth-order valence-electron chi connectivity index (χ4n) is 2.13. The number of hydrogen-bond acceptors (Lipinski definition) is 4.